The number of nitrogens with zero attached hydrogens (tertiary/aromatic N) is 4. The number of aromatic amines is 1. The summed E-state index contributed by atoms with van der Waals surface area (Å²) < 4.78 is 24.8. The van der Waals surface area contributed by atoms with Gasteiger partial charge in [0.05, 0.1) is 5.69 Å². The van der Waals surface area contributed by atoms with Crippen LogP contribution in [0.15, 0.2) is 35.4 Å². The number of tetrazole rings is 1. The van der Waals surface area contributed by atoms with Gasteiger partial charge in [0.25, 0.3) is 5.76 Å². The summed E-state index contributed by atoms with van der Waals surface area (Å²) in [6, 6.07) is 8.45. The van der Waals surface area contributed by atoms with Crippen LogP contribution in [0.1, 0.15) is 5.82 Å². The van der Waals surface area contributed by atoms with Gasteiger partial charge in [-0.1, -0.05) is 23.9 Å². The van der Waals surface area contributed by atoms with Crippen molar-refractivity contribution in [2.45, 2.75) is 10.7 Å². The first-order valence-corrected chi connectivity index (χ1v) is 6.23. The lowest BCUT2D eigenvalue weighted by atomic mass is 10.3. The maximum atomic E-state index is 12.4. The summed E-state index contributed by atoms with van der Waals surface area (Å²) in [5.74, 6) is -2.39. The molecule has 9 heteroatoms. The first-order chi connectivity index (χ1) is 9.70. The van der Waals surface area contributed by atoms with Crippen LogP contribution in [0, 0.1) is 11.3 Å². The molecule has 0 saturated heterocycles. The molecule has 6 nitrogen and oxygen atoms in total. The number of benzene rings is 1. The molecule has 2 rings (SSSR count). The normalized spacial score (nSPS) is 11.4. The van der Waals surface area contributed by atoms with E-state index >= 15 is 0 Å². The second-order valence-corrected chi connectivity index (χ2v) is 4.46. The Morgan fingerprint density at radius 2 is 2.25 bits per heavy atom. The summed E-state index contributed by atoms with van der Waals surface area (Å²) in [6.45, 7) is 0. The molecule has 0 amide bonds. The second kappa shape index (κ2) is 6.63. The van der Waals surface area contributed by atoms with Crippen LogP contribution < -0.4 is 5.32 Å². The third-order valence-corrected chi connectivity index (χ3v) is 2.97. The van der Waals surface area contributed by atoms with Gasteiger partial charge >= 0.3 is 0 Å². The first-order valence-electron chi connectivity index (χ1n) is 5.35. The summed E-state index contributed by atoms with van der Waals surface area (Å²) in [4.78, 5) is 0.379. The van der Waals surface area contributed by atoms with Crippen LogP contribution in [0.2, 0.25) is 0 Å². The summed E-state index contributed by atoms with van der Waals surface area (Å²) in [5, 5.41) is 24.7. The highest BCUT2D eigenvalue weighted by molar-refractivity contribution is 7.99. The van der Waals surface area contributed by atoms with Crippen molar-refractivity contribution in [2.75, 3.05) is 5.32 Å². The van der Waals surface area contributed by atoms with Crippen molar-refractivity contribution in [3.8, 4) is 6.07 Å². The molecule has 1 aromatic carbocycles. The third-order valence-electron chi connectivity index (χ3n) is 2.18. The van der Waals surface area contributed by atoms with E-state index < -0.39 is 5.76 Å². The number of H-pyrrole nitrogens is 1. The van der Waals surface area contributed by atoms with Crippen LogP contribution in [-0.4, -0.2) is 26.4 Å². The minimum atomic E-state index is -2.52. The Kier molecular flexibility index (Phi) is 4.62. The minimum absolute atomic E-state index is 0.124. The average Bonchev–Trinajstić information content (AvgIpc) is 2.95. The van der Waals surface area contributed by atoms with Crippen molar-refractivity contribution in [3.63, 3.8) is 0 Å². The van der Waals surface area contributed by atoms with Crippen molar-refractivity contribution in [1.82, 2.24) is 20.6 Å². The molecule has 0 saturated carbocycles. The smallest absolute Gasteiger partial charge is 0.288 e. The number of aromatic nitrogens is 4. The molecule has 0 radical (unpaired) electrons. The number of anilines is 1. The van der Waals surface area contributed by atoms with Gasteiger partial charge in [-0.2, -0.15) is 19.3 Å². The number of halogens is 2. The number of nitriles is 1. The molecule has 0 aliphatic carbocycles. The molecule has 2 N–H and O–H groups in total. The Morgan fingerprint density at radius 3 is 2.90 bits per heavy atom. The van der Waals surface area contributed by atoms with E-state index in [1.165, 1.54) is 6.20 Å². The topological polar surface area (TPSA) is 90.3 Å². The zero-order valence-electron chi connectivity index (χ0n) is 9.92. The molecule has 0 aliphatic heterocycles. The van der Waals surface area contributed by atoms with Gasteiger partial charge in [0, 0.05) is 11.1 Å². The first kappa shape index (κ1) is 14.0. The number of thioether (sulfide) groups is 1. The fraction of sp³-hybridized carbons (Fsp3) is 0.0909. The number of nitrogens with one attached hydrogen (secondary N) is 2. The predicted molar refractivity (Wildman–Crippen MR) is 69.7 cm³/mol. The number of alkyl halides is 2. The number of para-hydroxylation sites is 1. The maximum absolute atomic E-state index is 12.4. The lowest BCUT2D eigenvalue weighted by Crippen LogP contribution is -1.95. The van der Waals surface area contributed by atoms with E-state index in [4.69, 9.17) is 5.26 Å². The van der Waals surface area contributed by atoms with E-state index in [-0.39, 0.29) is 11.4 Å². The Balaban J connectivity index is 2.20. The average molecular weight is 294 g/mol. The molecule has 0 bridgehead atoms. The zero-order chi connectivity index (χ0) is 14.4. The van der Waals surface area contributed by atoms with E-state index in [1.54, 1.807) is 24.3 Å². The van der Waals surface area contributed by atoms with Gasteiger partial charge in [0.1, 0.15) is 11.6 Å². The molecule has 1 aromatic heterocycles. The lowest BCUT2D eigenvalue weighted by Gasteiger charge is -2.08. The predicted octanol–water partition coefficient (Wildman–Crippen LogP) is 2.49. The summed E-state index contributed by atoms with van der Waals surface area (Å²) in [7, 11) is 0. The summed E-state index contributed by atoms with van der Waals surface area (Å²) in [5.41, 5.74) is 0.602. The highest BCUT2D eigenvalue weighted by Crippen LogP contribution is 2.31. The maximum Gasteiger partial charge on any atom is 0.288 e. The second-order valence-electron chi connectivity index (χ2n) is 3.42. The molecule has 0 unspecified atom stereocenters. The van der Waals surface area contributed by atoms with Crippen LogP contribution in [0.25, 0.3) is 5.57 Å². The molecule has 0 fully saturated rings. The minimum Gasteiger partial charge on any atom is -0.359 e. The zero-order valence-corrected chi connectivity index (χ0v) is 10.7. The molecule has 0 atom stereocenters. The number of rotatable bonds is 5. The van der Waals surface area contributed by atoms with Gasteiger partial charge in [-0.25, -0.2) is 0 Å². The van der Waals surface area contributed by atoms with Crippen LogP contribution >= 0.6 is 11.8 Å². The number of hydrogen-bond acceptors (Lipinski definition) is 6. The fourth-order valence-electron chi connectivity index (χ4n) is 1.36. The largest absolute Gasteiger partial charge is 0.359 e. The van der Waals surface area contributed by atoms with Crippen molar-refractivity contribution in [1.29, 1.82) is 5.26 Å². The van der Waals surface area contributed by atoms with Gasteiger partial charge in [0.2, 0.25) is 5.82 Å². The highest BCUT2D eigenvalue weighted by Gasteiger charge is 2.10. The molecule has 1 heterocycles. The van der Waals surface area contributed by atoms with Crippen LogP contribution in [0.4, 0.5) is 14.5 Å². The van der Waals surface area contributed by atoms with Crippen molar-refractivity contribution >= 4 is 23.0 Å². The summed E-state index contributed by atoms with van der Waals surface area (Å²) in [6.07, 6.45) is 1.34. The third kappa shape index (κ3) is 3.52. The van der Waals surface area contributed by atoms with Crippen LogP contribution in [0.3, 0.4) is 0 Å². The van der Waals surface area contributed by atoms with Crippen LogP contribution in [-0.2, 0) is 0 Å². The quantitative estimate of drug-likeness (QED) is 0.650. The Labute approximate surface area is 116 Å². The molecule has 0 spiro atoms. The van der Waals surface area contributed by atoms with E-state index in [9.17, 15) is 8.78 Å². The fourth-order valence-corrected chi connectivity index (χ4v) is 1.96. The van der Waals surface area contributed by atoms with Gasteiger partial charge < -0.3 is 5.32 Å². The highest BCUT2D eigenvalue weighted by atomic mass is 32.2. The molecule has 102 valence electrons. The van der Waals surface area contributed by atoms with Gasteiger partial charge in [0.15, 0.2) is 0 Å². The van der Waals surface area contributed by atoms with Crippen molar-refractivity contribution in [3.05, 3.63) is 36.3 Å². The van der Waals surface area contributed by atoms with Gasteiger partial charge in [-0.05, 0) is 17.3 Å². The molecule has 20 heavy (non-hydrogen) atoms. The van der Waals surface area contributed by atoms with Crippen molar-refractivity contribution in [2.24, 2.45) is 0 Å². The Hall–Kier alpha value is -2.47. The van der Waals surface area contributed by atoms with Gasteiger partial charge in [-0.15, -0.1) is 10.2 Å². The number of allylic oxidation sites excluding steroid dienone is 1. The van der Waals surface area contributed by atoms with Gasteiger partial charge in [-0.3, -0.25) is 0 Å². The molecule has 2 aromatic rings. The molecular weight excluding hydrogens is 286 g/mol. The molecular formula is C11H8F2N6S. The summed E-state index contributed by atoms with van der Waals surface area (Å²) >= 11 is 0.424. The standard InChI is InChI=1S/C11H8F2N6S/c12-11(13)20-9-4-2-1-3-8(9)15-6-7(5-14)10-16-18-19-17-10/h1-4,6,11,15H,(H,16,17,18,19). The van der Waals surface area contributed by atoms with E-state index in [1.807, 2.05) is 6.07 Å². The lowest BCUT2D eigenvalue weighted by molar-refractivity contribution is 0.252. The van der Waals surface area contributed by atoms with E-state index in [0.29, 0.717) is 22.3 Å². The van der Waals surface area contributed by atoms with Crippen molar-refractivity contribution < 1.29 is 8.78 Å². The molecule has 0 aliphatic rings. The van der Waals surface area contributed by atoms with E-state index in [2.05, 4.69) is 25.9 Å². The Bertz CT molecular complexity index is 635. The van der Waals surface area contributed by atoms with Crippen LogP contribution in [0.5, 0.6) is 0 Å². The number of hydrogen-bond donors (Lipinski definition) is 2. The monoisotopic (exact) mass is 294 g/mol. The Morgan fingerprint density at radius 1 is 1.45 bits per heavy atom. The SMILES string of the molecule is N#CC(=CNc1ccccc1SC(F)F)c1nn[nH]n1. The van der Waals surface area contributed by atoms with E-state index in [0.717, 1.165) is 0 Å².